The SMILES string of the molecule is O=C(O)c1ccncc1OC1CCOC2(CCOCC2)C1. The minimum Gasteiger partial charge on any atom is -0.488 e. The second-order valence-electron chi connectivity index (χ2n) is 5.55. The van der Waals surface area contributed by atoms with Gasteiger partial charge in [-0.05, 0) is 18.9 Å². The van der Waals surface area contributed by atoms with Gasteiger partial charge >= 0.3 is 5.97 Å². The molecule has 1 aromatic heterocycles. The van der Waals surface area contributed by atoms with Crippen molar-refractivity contribution in [3.8, 4) is 5.75 Å². The van der Waals surface area contributed by atoms with Crippen LogP contribution >= 0.6 is 0 Å². The maximum atomic E-state index is 11.2. The van der Waals surface area contributed by atoms with Gasteiger partial charge in [0.15, 0.2) is 5.75 Å². The summed E-state index contributed by atoms with van der Waals surface area (Å²) in [6.07, 6.45) is 6.15. The smallest absolute Gasteiger partial charge is 0.339 e. The molecule has 1 unspecified atom stereocenters. The Morgan fingerprint density at radius 2 is 2.19 bits per heavy atom. The Morgan fingerprint density at radius 3 is 2.95 bits per heavy atom. The lowest BCUT2D eigenvalue weighted by Gasteiger charge is -2.43. The van der Waals surface area contributed by atoms with E-state index in [0.717, 1.165) is 25.7 Å². The Morgan fingerprint density at radius 1 is 1.38 bits per heavy atom. The fourth-order valence-electron chi connectivity index (χ4n) is 3.01. The lowest BCUT2D eigenvalue weighted by Crippen LogP contribution is -2.47. The molecule has 3 rings (SSSR count). The summed E-state index contributed by atoms with van der Waals surface area (Å²) in [6, 6.07) is 1.46. The molecule has 1 atom stereocenters. The highest BCUT2D eigenvalue weighted by molar-refractivity contribution is 5.90. The first kappa shape index (κ1) is 14.3. The normalized spacial score (nSPS) is 24.7. The molecule has 0 amide bonds. The summed E-state index contributed by atoms with van der Waals surface area (Å²) < 4.78 is 17.3. The van der Waals surface area contributed by atoms with E-state index < -0.39 is 5.97 Å². The summed E-state index contributed by atoms with van der Waals surface area (Å²) >= 11 is 0. The number of hydrogen-bond acceptors (Lipinski definition) is 5. The van der Waals surface area contributed by atoms with E-state index in [0.29, 0.717) is 25.6 Å². The predicted molar refractivity (Wildman–Crippen MR) is 73.6 cm³/mol. The van der Waals surface area contributed by atoms with Gasteiger partial charge in [0.2, 0.25) is 0 Å². The zero-order valence-corrected chi connectivity index (χ0v) is 11.8. The number of carboxylic acids is 1. The molecular formula is C15H19NO5. The Kier molecular flexibility index (Phi) is 4.07. The number of aromatic nitrogens is 1. The van der Waals surface area contributed by atoms with E-state index in [1.54, 1.807) is 0 Å². The Hall–Kier alpha value is -1.66. The van der Waals surface area contributed by atoms with Gasteiger partial charge in [0.05, 0.1) is 18.4 Å². The van der Waals surface area contributed by atoms with Crippen molar-refractivity contribution in [1.82, 2.24) is 4.98 Å². The third-order valence-corrected chi connectivity index (χ3v) is 4.16. The number of rotatable bonds is 3. The molecule has 6 nitrogen and oxygen atoms in total. The molecular weight excluding hydrogens is 274 g/mol. The van der Waals surface area contributed by atoms with Gasteiger partial charge in [-0.25, -0.2) is 4.79 Å². The van der Waals surface area contributed by atoms with E-state index in [1.165, 1.54) is 18.5 Å². The Bertz CT molecular complexity index is 507. The van der Waals surface area contributed by atoms with E-state index in [1.807, 2.05) is 0 Å². The van der Waals surface area contributed by atoms with Crippen molar-refractivity contribution >= 4 is 5.97 Å². The molecule has 0 aromatic carbocycles. The first-order chi connectivity index (χ1) is 10.2. The van der Waals surface area contributed by atoms with Crippen molar-refractivity contribution in [3.63, 3.8) is 0 Å². The predicted octanol–water partition coefficient (Wildman–Crippen LogP) is 1.89. The molecule has 1 N–H and O–H groups in total. The van der Waals surface area contributed by atoms with Gasteiger partial charge in [-0.15, -0.1) is 0 Å². The molecule has 6 heteroatoms. The number of hydrogen-bond donors (Lipinski definition) is 1. The van der Waals surface area contributed by atoms with Crippen LogP contribution in [0.25, 0.3) is 0 Å². The number of carbonyl (C=O) groups is 1. The lowest BCUT2D eigenvalue weighted by molar-refractivity contribution is -0.155. The van der Waals surface area contributed by atoms with Crippen molar-refractivity contribution < 1.29 is 24.1 Å². The van der Waals surface area contributed by atoms with Crippen molar-refractivity contribution in [1.29, 1.82) is 0 Å². The molecule has 2 saturated heterocycles. The maximum Gasteiger partial charge on any atom is 0.339 e. The van der Waals surface area contributed by atoms with Crippen LogP contribution in [0.5, 0.6) is 5.75 Å². The molecule has 0 radical (unpaired) electrons. The zero-order chi connectivity index (χ0) is 14.7. The first-order valence-electron chi connectivity index (χ1n) is 7.24. The average Bonchev–Trinajstić information content (AvgIpc) is 2.48. The fourth-order valence-corrected chi connectivity index (χ4v) is 3.01. The van der Waals surface area contributed by atoms with Crippen LogP contribution in [0.3, 0.4) is 0 Å². The minimum atomic E-state index is -1.000. The molecule has 114 valence electrons. The summed E-state index contributed by atoms with van der Waals surface area (Å²) in [5.41, 5.74) is -0.0234. The lowest BCUT2D eigenvalue weighted by atomic mass is 9.85. The summed E-state index contributed by atoms with van der Waals surface area (Å²) in [4.78, 5) is 15.2. The van der Waals surface area contributed by atoms with E-state index in [2.05, 4.69) is 4.98 Å². The van der Waals surface area contributed by atoms with E-state index in [-0.39, 0.29) is 17.3 Å². The van der Waals surface area contributed by atoms with Gasteiger partial charge in [0.25, 0.3) is 0 Å². The van der Waals surface area contributed by atoms with Gasteiger partial charge in [-0.1, -0.05) is 0 Å². The molecule has 2 aliphatic heterocycles. The minimum absolute atomic E-state index is 0.0425. The van der Waals surface area contributed by atoms with Gasteiger partial charge in [0, 0.05) is 32.3 Å². The van der Waals surface area contributed by atoms with Crippen molar-refractivity contribution in [3.05, 3.63) is 24.0 Å². The van der Waals surface area contributed by atoms with Gasteiger partial charge < -0.3 is 19.3 Å². The maximum absolute atomic E-state index is 11.2. The van der Waals surface area contributed by atoms with Gasteiger partial charge in [-0.3, -0.25) is 4.98 Å². The summed E-state index contributed by atoms with van der Waals surface area (Å²) in [7, 11) is 0. The number of aromatic carboxylic acids is 1. The van der Waals surface area contributed by atoms with Gasteiger partial charge in [-0.2, -0.15) is 0 Å². The molecule has 3 heterocycles. The molecule has 1 aromatic rings. The molecule has 0 bridgehead atoms. The van der Waals surface area contributed by atoms with Crippen LogP contribution in [-0.2, 0) is 9.47 Å². The number of ether oxygens (including phenoxy) is 3. The Balaban J connectivity index is 1.71. The molecule has 21 heavy (non-hydrogen) atoms. The molecule has 0 saturated carbocycles. The molecule has 0 aliphatic carbocycles. The molecule has 2 fully saturated rings. The standard InChI is InChI=1S/C15H19NO5/c17-14(18)12-1-5-16-10-13(12)21-11-2-6-20-15(9-11)3-7-19-8-4-15/h1,5,10-11H,2-4,6-9H2,(H,17,18). The largest absolute Gasteiger partial charge is 0.488 e. The highest BCUT2D eigenvalue weighted by Gasteiger charge is 2.40. The van der Waals surface area contributed by atoms with Crippen LogP contribution < -0.4 is 4.74 Å². The summed E-state index contributed by atoms with van der Waals surface area (Å²) in [5.74, 6) is -0.667. The summed E-state index contributed by atoms with van der Waals surface area (Å²) in [5, 5.41) is 9.19. The number of nitrogens with zero attached hydrogens (tertiary/aromatic N) is 1. The van der Waals surface area contributed by atoms with Crippen LogP contribution in [0.15, 0.2) is 18.5 Å². The van der Waals surface area contributed by atoms with E-state index in [4.69, 9.17) is 14.2 Å². The van der Waals surface area contributed by atoms with Crippen molar-refractivity contribution in [2.75, 3.05) is 19.8 Å². The second kappa shape index (κ2) is 5.99. The fraction of sp³-hybridized carbons (Fsp3) is 0.600. The average molecular weight is 293 g/mol. The van der Waals surface area contributed by atoms with Crippen molar-refractivity contribution in [2.24, 2.45) is 0 Å². The van der Waals surface area contributed by atoms with Crippen LogP contribution in [0.2, 0.25) is 0 Å². The third-order valence-electron chi connectivity index (χ3n) is 4.16. The van der Waals surface area contributed by atoms with Gasteiger partial charge in [0.1, 0.15) is 11.7 Å². The van der Waals surface area contributed by atoms with Crippen molar-refractivity contribution in [2.45, 2.75) is 37.4 Å². The number of pyridine rings is 1. The van der Waals surface area contributed by atoms with Crippen LogP contribution in [0.4, 0.5) is 0 Å². The number of carboxylic acid groups (broad SMARTS) is 1. The third kappa shape index (κ3) is 3.16. The van der Waals surface area contributed by atoms with Crippen LogP contribution in [-0.4, -0.2) is 47.6 Å². The highest BCUT2D eigenvalue weighted by Crippen LogP contribution is 2.36. The molecule has 1 spiro atoms. The second-order valence-corrected chi connectivity index (χ2v) is 5.55. The quantitative estimate of drug-likeness (QED) is 0.917. The summed E-state index contributed by atoms with van der Waals surface area (Å²) in [6.45, 7) is 2.05. The van der Waals surface area contributed by atoms with E-state index >= 15 is 0 Å². The van der Waals surface area contributed by atoms with E-state index in [9.17, 15) is 9.90 Å². The monoisotopic (exact) mass is 293 g/mol. The van der Waals surface area contributed by atoms with Crippen LogP contribution in [0, 0.1) is 0 Å². The first-order valence-corrected chi connectivity index (χ1v) is 7.24. The Labute approximate surface area is 123 Å². The highest BCUT2D eigenvalue weighted by atomic mass is 16.5. The topological polar surface area (TPSA) is 77.9 Å². The molecule has 2 aliphatic rings. The van der Waals surface area contributed by atoms with Crippen LogP contribution in [0.1, 0.15) is 36.0 Å². The zero-order valence-electron chi connectivity index (χ0n) is 11.8.